The molecule has 2 aliphatic rings. The summed E-state index contributed by atoms with van der Waals surface area (Å²) in [5, 5.41) is 5.07. The average Bonchev–Trinajstić information content (AvgIpc) is 2.71. The van der Waals surface area contributed by atoms with Gasteiger partial charge in [-0.2, -0.15) is 0 Å². The smallest absolute Gasteiger partial charge is 0.341 e. The van der Waals surface area contributed by atoms with Crippen molar-refractivity contribution < 1.29 is 28.7 Å². The van der Waals surface area contributed by atoms with Crippen molar-refractivity contribution >= 4 is 73.3 Å². The number of nitrogens with zero attached hydrogens (tertiary/aromatic N) is 1. The summed E-state index contributed by atoms with van der Waals surface area (Å²) >= 11 is 25.0. The summed E-state index contributed by atoms with van der Waals surface area (Å²) < 4.78 is 19.9. The number of hydrogen-bond acceptors (Lipinski definition) is 7. The fraction of sp³-hybridized carbons (Fsp3) is 0.333. The highest BCUT2D eigenvalue weighted by atomic mass is 36.0. The van der Waals surface area contributed by atoms with E-state index in [1.165, 1.54) is 6.07 Å². The normalized spacial score (nSPS) is 14.5. The number of aromatic amines is 1. The van der Waals surface area contributed by atoms with E-state index >= 15 is 0 Å². The number of hydrogen-bond donors (Lipinski definition) is 2. The summed E-state index contributed by atoms with van der Waals surface area (Å²) in [7, 11) is 0. The molecule has 4 rings (SSSR count). The number of halogens is 5. The van der Waals surface area contributed by atoms with E-state index in [0.29, 0.717) is 32.8 Å². The van der Waals surface area contributed by atoms with Crippen molar-refractivity contribution in [3.63, 3.8) is 0 Å². The molecule has 9 nitrogen and oxygen atoms in total. The van der Waals surface area contributed by atoms with Crippen molar-refractivity contribution in [2.75, 3.05) is 13.2 Å². The summed E-state index contributed by atoms with van der Waals surface area (Å²) in [6.45, 7) is 2.04. The van der Waals surface area contributed by atoms with Crippen LogP contribution < -0.4 is 5.56 Å². The molecule has 0 aliphatic carbocycles. The molecule has 180 valence electrons. The Bertz CT molecular complexity index is 1140. The molecule has 0 unspecified atom stereocenters. The van der Waals surface area contributed by atoms with Crippen molar-refractivity contribution in [1.82, 2.24) is 9.97 Å². The molecule has 0 saturated heterocycles. The minimum atomic E-state index is -3.22. The molecule has 2 N–H and O–H groups in total. The zero-order valence-electron chi connectivity index (χ0n) is 16.6. The molecule has 0 amide bonds. The number of rotatable bonds is 2. The zero-order valence-corrected chi connectivity index (χ0v) is 21.3. The molecule has 0 spiro atoms. The summed E-state index contributed by atoms with van der Waals surface area (Å²) in [5.74, 6) is -1.21. The van der Waals surface area contributed by atoms with Crippen LogP contribution in [0.5, 0.6) is 0 Å². The molecule has 4 heterocycles. The number of carbonyl (C=O) groups excluding carboxylic acids is 1. The molecule has 0 radical (unpaired) electrons. The summed E-state index contributed by atoms with van der Waals surface area (Å²) in [6, 6.07) is 3.04. The Kier molecular flexibility index (Phi) is 10.7. The van der Waals surface area contributed by atoms with Gasteiger partial charge >= 0.3 is 11.2 Å². The number of fused-ring (bicyclic) bond motifs is 2. The fourth-order valence-corrected chi connectivity index (χ4v) is 3.31. The Balaban J connectivity index is 0.000000195. The van der Waals surface area contributed by atoms with Gasteiger partial charge in [0.05, 0.1) is 32.0 Å². The number of aromatic carboxylic acids is 1. The lowest BCUT2D eigenvalue weighted by Crippen LogP contribution is -2.23. The van der Waals surface area contributed by atoms with Crippen LogP contribution >= 0.6 is 62.1 Å². The predicted molar refractivity (Wildman–Crippen MR) is 125 cm³/mol. The van der Waals surface area contributed by atoms with E-state index in [0.717, 1.165) is 28.9 Å². The third kappa shape index (κ3) is 9.19. The van der Waals surface area contributed by atoms with E-state index in [9.17, 15) is 18.9 Å². The Hall–Kier alpha value is -1.16. The first kappa shape index (κ1) is 28.1. The van der Waals surface area contributed by atoms with Gasteiger partial charge in [0.2, 0.25) is 0 Å². The quantitative estimate of drug-likeness (QED) is 0.283. The Morgan fingerprint density at radius 1 is 1.03 bits per heavy atom. The number of ether oxygens (including phenoxy) is 2. The lowest BCUT2D eigenvalue weighted by atomic mass is 10.1. The van der Waals surface area contributed by atoms with Crippen molar-refractivity contribution in [1.29, 1.82) is 0 Å². The average molecular weight is 581 g/mol. The largest absolute Gasteiger partial charge is 0.477 e. The number of carboxylic acid groups (broad SMARTS) is 1. The lowest BCUT2D eigenvalue weighted by molar-refractivity contribution is 0.0693. The maximum Gasteiger partial charge on any atom is 0.341 e. The maximum atomic E-state index is 11.3. The van der Waals surface area contributed by atoms with Gasteiger partial charge in [0.25, 0.3) is 10.8 Å². The van der Waals surface area contributed by atoms with Gasteiger partial charge in [-0.1, -0.05) is 11.6 Å². The third-order valence-electron chi connectivity index (χ3n) is 4.30. The first-order valence-electron chi connectivity index (χ1n) is 9.07. The van der Waals surface area contributed by atoms with Gasteiger partial charge in [0, 0.05) is 29.8 Å². The minimum absolute atomic E-state index is 0.172. The van der Waals surface area contributed by atoms with Crippen LogP contribution in [0, 0.1) is 0 Å². The zero-order chi connectivity index (χ0) is 24.8. The van der Waals surface area contributed by atoms with Crippen LogP contribution in [0.15, 0.2) is 16.9 Å². The van der Waals surface area contributed by atoms with Crippen molar-refractivity contribution in [3.05, 3.63) is 61.3 Å². The molecular weight excluding hydrogens is 564 g/mol. The van der Waals surface area contributed by atoms with Crippen molar-refractivity contribution in [2.24, 2.45) is 0 Å². The van der Waals surface area contributed by atoms with E-state index in [2.05, 4.69) is 43.7 Å². The van der Waals surface area contributed by atoms with Crippen LogP contribution in [0.3, 0.4) is 0 Å². The van der Waals surface area contributed by atoms with E-state index in [4.69, 9.17) is 37.8 Å². The minimum Gasteiger partial charge on any atom is -0.477 e. The SMILES string of the molecule is O=C(Cl)c1cc2c(nc1Cl)CCOC2.O=C(O)c1cc2c([nH]c1=O)CCOC2.O=P(Cl)(Cl)Cl. The maximum absolute atomic E-state index is 11.3. The Labute approximate surface area is 212 Å². The molecule has 0 atom stereocenters. The molecule has 0 bridgehead atoms. The van der Waals surface area contributed by atoms with Gasteiger partial charge in [-0.3, -0.25) is 14.2 Å². The standard InChI is InChI=1S/C9H7Cl2NO2.C9H9NO4.Cl3OP/c10-8-6(9(11)13)3-5-4-14-2-1-7(5)12-8;11-8-6(9(12)13)3-5-4-14-2-1-7(5)10-8;1-5(2,3)4/h3H,1-2,4H2;3H,1-2,4H2,(H,10,11)(H,12,13);. The van der Waals surface area contributed by atoms with Gasteiger partial charge in [-0.15, -0.1) is 0 Å². The van der Waals surface area contributed by atoms with Crippen LogP contribution in [0.25, 0.3) is 0 Å². The third-order valence-corrected chi connectivity index (χ3v) is 4.79. The van der Waals surface area contributed by atoms with Crippen molar-refractivity contribution in [3.8, 4) is 0 Å². The number of H-pyrrole nitrogens is 1. The molecule has 0 saturated carbocycles. The van der Waals surface area contributed by atoms with Gasteiger partial charge in [-0.25, -0.2) is 9.78 Å². The molecule has 0 fully saturated rings. The Morgan fingerprint density at radius 2 is 1.58 bits per heavy atom. The fourth-order valence-electron chi connectivity index (χ4n) is 2.88. The predicted octanol–water partition coefficient (Wildman–Crippen LogP) is 5.14. The molecular formula is C18H16Cl5N2O7P. The monoisotopic (exact) mass is 578 g/mol. The van der Waals surface area contributed by atoms with Crippen LogP contribution in [-0.4, -0.2) is 39.5 Å². The van der Waals surface area contributed by atoms with Crippen LogP contribution in [-0.2, 0) is 40.1 Å². The highest BCUT2D eigenvalue weighted by Gasteiger charge is 2.18. The number of carbonyl (C=O) groups is 2. The second-order valence-electron chi connectivity index (χ2n) is 6.53. The van der Waals surface area contributed by atoms with Gasteiger partial charge in [0.1, 0.15) is 10.7 Å². The number of carboxylic acids is 1. The molecule has 0 aromatic carbocycles. The van der Waals surface area contributed by atoms with E-state index in [1.54, 1.807) is 6.07 Å². The number of nitrogens with one attached hydrogen (secondary N) is 1. The molecule has 2 aromatic rings. The van der Waals surface area contributed by atoms with Crippen LogP contribution in [0.4, 0.5) is 0 Å². The summed E-state index contributed by atoms with van der Waals surface area (Å²) in [4.78, 5) is 39.5. The second kappa shape index (κ2) is 12.5. The van der Waals surface area contributed by atoms with Gasteiger partial charge in [0.15, 0.2) is 0 Å². The molecule has 15 heteroatoms. The number of pyridine rings is 2. The van der Waals surface area contributed by atoms with E-state index < -0.39 is 22.0 Å². The number of aromatic nitrogens is 2. The van der Waals surface area contributed by atoms with Crippen LogP contribution in [0.1, 0.15) is 43.2 Å². The van der Waals surface area contributed by atoms with E-state index in [1.807, 2.05) is 0 Å². The highest BCUT2D eigenvalue weighted by molar-refractivity contribution is 8.24. The van der Waals surface area contributed by atoms with Crippen molar-refractivity contribution in [2.45, 2.75) is 26.1 Å². The molecule has 33 heavy (non-hydrogen) atoms. The molecule has 2 aliphatic heterocycles. The lowest BCUT2D eigenvalue weighted by Gasteiger charge is -2.16. The first-order valence-corrected chi connectivity index (χ1v) is 14.3. The van der Waals surface area contributed by atoms with Gasteiger partial charge < -0.3 is 19.6 Å². The highest BCUT2D eigenvalue weighted by Crippen LogP contribution is 2.61. The summed E-state index contributed by atoms with van der Waals surface area (Å²) in [6.07, 6.45) is 1.36. The van der Waals surface area contributed by atoms with Gasteiger partial charge in [-0.05, 0) is 63.0 Å². The van der Waals surface area contributed by atoms with E-state index in [-0.39, 0.29) is 16.3 Å². The molecule has 2 aromatic heterocycles. The summed E-state index contributed by atoms with van der Waals surface area (Å²) in [5.41, 5.74) is 2.80. The first-order chi connectivity index (χ1) is 15.4. The second-order valence-corrected chi connectivity index (χ2v) is 13.9. The topological polar surface area (TPSA) is 136 Å². The van der Waals surface area contributed by atoms with Crippen LogP contribution in [0.2, 0.25) is 5.15 Å². The Morgan fingerprint density at radius 3 is 2.15 bits per heavy atom.